The number of hydrogen-bond acceptors (Lipinski definition) is 4. The third-order valence-electron chi connectivity index (χ3n) is 6.80. The van der Waals surface area contributed by atoms with Gasteiger partial charge in [-0.25, -0.2) is 0 Å². The molecule has 0 radical (unpaired) electrons. The molecule has 1 aromatic rings. The quantitative estimate of drug-likeness (QED) is 0.245. The first-order chi connectivity index (χ1) is 16.4. The van der Waals surface area contributed by atoms with E-state index in [0.29, 0.717) is 25.8 Å². The molecule has 1 aliphatic heterocycles. The minimum Gasteiger partial charge on any atom is -0.462 e. The minimum absolute atomic E-state index is 0.00928. The fraction of sp³-hybridized carbons (Fsp3) is 0.630. The van der Waals surface area contributed by atoms with Crippen LogP contribution in [0.5, 0.6) is 0 Å². The first-order valence-electron chi connectivity index (χ1n) is 12.7. The van der Waals surface area contributed by atoms with Crippen molar-refractivity contribution in [1.29, 1.82) is 0 Å². The van der Waals surface area contributed by atoms with E-state index in [1.54, 1.807) is 11.0 Å². The van der Waals surface area contributed by atoms with E-state index in [-0.39, 0.29) is 29.6 Å². The highest BCUT2D eigenvalue weighted by atomic mass is 19.3. The van der Waals surface area contributed by atoms with Crippen molar-refractivity contribution >= 4 is 11.9 Å². The highest BCUT2D eigenvalue weighted by Crippen LogP contribution is 2.33. The average Bonchev–Trinajstić information content (AvgIpc) is 3.20. The molecule has 1 N–H and O–H groups in total. The van der Waals surface area contributed by atoms with Gasteiger partial charge in [-0.3, -0.25) is 9.59 Å². The van der Waals surface area contributed by atoms with Gasteiger partial charge in [-0.15, -0.1) is 0 Å². The zero-order valence-corrected chi connectivity index (χ0v) is 19.8. The highest BCUT2D eigenvalue weighted by molar-refractivity contribution is 5.79. The molecule has 34 heavy (non-hydrogen) atoms. The van der Waals surface area contributed by atoms with Crippen LogP contribution in [0.2, 0.25) is 0 Å². The van der Waals surface area contributed by atoms with Crippen molar-refractivity contribution in [3.05, 3.63) is 48.0 Å². The molecule has 1 heterocycles. The SMILES string of the molecule is O=C(CCCCCCN1C(=O)CCC1C=CC(O)C(F)(F)c1ccccc1)OC1CCCCC1. The molecule has 2 fully saturated rings. The van der Waals surface area contributed by atoms with E-state index in [0.717, 1.165) is 57.4 Å². The monoisotopic (exact) mass is 477 g/mol. The number of unbranched alkanes of at least 4 members (excludes halogenated alkanes) is 3. The van der Waals surface area contributed by atoms with Gasteiger partial charge >= 0.3 is 11.9 Å². The first kappa shape index (κ1) is 26.3. The van der Waals surface area contributed by atoms with Gasteiger partial charge in [0.1, 0.15) is 12.2 Å². The number of aliphatic hydroxyl groups excluding tert-OH is 1. The summed E-state index contributed by atoms with van der Waals surface area (Å²) in [6.45, 7) is 0.547. The van der Waals surface area contributed by atoms with E-state index in [1.807, 2.05) is 0 Å². The van der Waals surface area contributed by atoms with Crippen molar-refractivity contribution in [2.45, 2.75) is 101 Å². The Balaban J connectivity index is 1.37. The van der Waals surface area contributed by atoms with Crippen LogP contribution in [0.3, 0.4) is 0 Å². The standard InChI is InChI=1S/C27H37F2NO4/c28-27(29,21-11-5-3-6-12-21)24(31)18-16-22-17-19-25(32)30(22)20-10-2-1-9-15-26(33)34-23-13-7-4-8-14-23/h3,5-6,11-12,16,18,22-24,31H,1-2,4,7-10,13-15,17,19-20H2. The number of esters is 1. The molecule has 3 rings (SSSR count). The van der Waals surface area contributed by atoms with Crippen LogP contribution in [0.4, 0.5) is 8.78 Å². The number of alkyl halides is 2. The lowest BCUT2D eigenvalue weighted by Crippen LogP contribution is -2.34. The van der Waals surface area contributed by atoms with Crippen LogP contribution in [0.15, 0.2) is 42.5 Å². The minimum atomic E-state index is -3.40. The summed E-state index contributed by atoms with van der Waals surface area (Å²) >= 11 is 0. The predicted octanol–water partition coefficient (Wildman–Crippen LogP) is 5.51. The highest BCUT2D eigenvalue weighted by Gasteiger charge is 2.39. The Morgan fingerprint density at radius 2 is 1.79 bits per heavy atom. The summed E-state index contributed by atoms with van der Waals surface area (Å²) in [5.74, 6) is -3.50. The molecule has 0 bridgehead atoms. The van der Waals surface area contributed by atoms with Gasteiger partial charge < -0.3 is 14.7 Å². The molecule has 2 atom stereocenters. The third-order valence-corrected chi connectivity index (χ3v) is 6.80. The van der Waals surface area contributed by atoms with E-state index >= 15 is 0 Å². The topological polar surface area (TPSA) is 66.8 Å². The van der Waals surface area contributed by atoms with Gasteiger partial charge in [0, 0.05) is 24.9 Å². The number of halogens is 2. The van der Waals surface area contributed by atoms with Crippen molar-refractivity contribution in [1.82, 2.24) is 4.90 Å². The van der Waals surface area contributed by atoms with Gasteiger partial charge in [-0.1, -0.05) is 61.7 Å². The summed E-state index contributed by atoms with van der Waals surface area (Å²) in [5.41, 5.74) is -0.242. The van der Waals surface area contributed by atoms with E-state index in [9.17, 15) is 23.5 Å². The fourth-order valence-electron chi connectivity index (χ4n) is 4.76. The van der Waals surface area contributed by atoms with E-state index in [4.69, 9.17) is 4.74 Å². The molecule has 1 aliphatic carbocycles. The number of aliphatic hydroxyl groups is 1. The molecule has 0 aromatic heterocycles. The van der Waals surface area contributed by atoms with Crippen molar-refractivity contribution in [3.8, 4) is 0 Å². The molecule has 1 aromatic carbocycles. The Morgan fingerprint density at radius 1 is 1.09 bits per heavy atom. The van der Waals surface area contributed by atoms with Crippen molar-refractivity contribution < 1.29 is 28.2 Å². The van der Waals surface area contributed by atoms with Gasteiger partial charge in [0.2, 0.25) is 5.91 Å². The van der Waals surface area contributed by atoms with Gasteiger partial charge in [0.25, 0.3) is 0 Å². The Labute approximate surface area is 201 Å². The Hall–Kier alpha value is -2.28. The molecule has 5 nitrogen and oxygen atoms in total. The molecule has 1 amide bonds. The summed E-state index contributed by atoms with van der Waals surface area (Å²) < 4.78 is 34.5. The molecule has 0 spiro atoms. The summed E-state index contributed by atoms with van der Waals surface area (Å²) in [7, 11) is 0. The molecule has 7 heteroatoms. The summed E-state index contributed by atoms with van der Waals surface area (Å²) in [6.07, 6.45) is 10.9. The second kappa shape index (κ2) is 13.0. The van der Waals surface area contributed by atoms with E-state index in [2.05, 4.69) is 0 Å². The van der Waals surface area contributed by atoms with Gasteiger partial charge in [0.15, 0.2) is 0 Å². The number of benzene rings is 1. The number of amides is 1. The van der Waals surface area contributed by atoms with Gasteiger partial charge in [0.05, 0.1) is 6.04 Å². The Kier molecular flexibility index (Phi) is 10.1. The Morgan fingerprint density at radius 3 is 2.53 bits per heavy atom. The van der Waals surface area contributed by atoms with Crippen LogP contribution in [-0.4, -0.2) is 46.7 Å². The predicted molar refractivity (Wildman–Crippen MR) is 126 cm³/mol. The number of carbonyl (C=O) groups is 2. The fourth-order valence-corrected chi connectivity index (χ4v) is 4.76. The number of ether oxygens (including phenoxy) is 1. The number of rotatable bonds is 12. The maximum absolute atomic E-state index is 14.5. The number of hydrogen-bond donors (Lipinski definition) is 1. The van der Waals surface area contributed by atoms with E-state index in [1.165, 1.54) is 36.8 Å². The molecule has 2 unspecified atom stereocenters. The molecular weight excluding hydrogens is 440 g/mol. The zero-order chi connectivity index (χ0) is 24.4. The van der Waals surface area contributed by atoms with Gasteiger partial charge in [-0.05, 0) is 44.9 Å². The van der Waals surface area contributed by atoms with E-state index < -0.39 is 12.0 Å². The van der Waals surface area contributed by atoms with Crippen LogP contribution in [-0.2, 0) is 20.2 Å². The second-order valence-corrected chi connectivity index (χ2v) is 9.43. The van der Waals surface area contributed by atoms with Crippen LogP contribution in [0, 0.1) is 0 Å². The number of carbonyl (C=O) groups excluding carboxylic acids is 2. The smallest absolute Gasteiger partial charge is 0.306 e. The summed E-state index contributed by atoms with van der Waals surface area (Å²) in [5, 5.41) is 10.1. The largest absolute Gasteiger partial charge is 0.462 e. The van der Waals surface area contributed by atoms with Crippen molar-refractivity contribution in [3.63, 3.8) is 0 Å². The number of likely N-dealkylation sites (tertiary alicyclic amines) is 1. The van der Waals surface area contributed by atoms with Crippen LogP contribution in [0.1, 0.15) is 82.6 Å². The maximum atomic E-state index is 14.5. The van der Waals surface area contributed by atoms with Gasteiger partial charge in [-0.2, -0.15) is 8.78 Å². The molecule has 1 saturated heterocycles. The number of nitrogens with zero attached hydrogens (tertiary/aromatic N) is 1. The lowest BCUT2D eigenvalue weighted by atomic mass is 9.98. The lowest BCUT2D eigenvalue weighted by Gasteiger charge is -2.24. The molecule has 1 saturated carbocycles. The third kappa shape index (κ3) is 7.62. The van der Waals surface area contributed by atoms with Crippen molar-refractivity contribution in [2.75, 3.05) is 6.54 Å². The van der Waals surface area contributed by atoms with Crippen LogP contribution in [0.25, 0.3) is 0 Å². The zero-order valence-electron chi connectivity index (χ0n) is 19.8. The van der Waals surface area contributed by atoms with Crippen LogP contribution >= 0.6 is 0 Å². The average molecular weight is 478 g/mol. The normalized spacial score (nSPS) is 20.7. The maximum Gasteiger partial charge on any atom is 0.306 e. The van der Waals surface area contributed by atoms with Crippen molar-refractivity contribution in [2.24, 2.45) is 0 Å². The summed E-state index contributed by atoms with van der Waals surface area (Å²) in [4.78, 5) is 25.9. The van der Waals surface area contributed by atoms with Crippen LogP contribution < -0.4 is 0 Å². The molecule has 2 aliphatic rings. The molecular formula is C27H37F2NO4. The second-order valence-electron chi connectivity index (χ2n) is 9.43. The lowest BCUT2D eigenvalue weighted by molar-refractivity contribution is -0.150. The molecule has 188 valence electrons. The summed E-state index contributed by atoms with van der Waals surface area (Å²) in [6, 6.07) is 6.97. The Bertz CT molecular complexity index is 808. The first-order valence-corrected chi connectivity index (χ1v) is 12.7.